The molecule has 1 aromatic rings. The van der Waals surface area contributed by atoms with Crippen LogP contribution in [0.15, 0.2) is 18.3 Å². The maximum absolute atomic E-state index is 11.5. The first-order valence-corrected chi connectivity index (χ1v) is 5.07. The van der Waals surface area contributed by atoms with Crippen LogP contribution < -0.4 is 4.90 Å². The smallest absolute Gasteiger partial charge is 0.228 e. The van der Waals surface area contributed by atoms with Gasteiger partial charge in [0, 0.05) is 18.2 Å². The second kappa shape index (κ2) is 3.91. The van der Waals surface area contributed by atoms with Gasteiger partial charge in [-0.25, -0.2) is 4.98 Å². The predicted octanol–water partition coefficient (Wildman–Crippen LogP) is 0.988. The van der Waals surface area contributed by atoms with Crippen molar-refractivity contribution >= 4 is 24.2 Å². The lowest BCUT2D eigenvalue weighted by molar-refractivity contribution is -0.117. The Morgan fingerprint density at radius 1 is 1.60 bits per heavy atom. The van der Waals surface area contributed by atoms with Crippen LogP contribution >= 0.6 is 12.6 Å². The van der Waals surface area contributed by atoms with Gasteiger partial charge in [0.25, 0.3) is 0 Å². The van der Waals surface area contributed by atoms with Crippen LogP contribution in [-0.4, -0.2) is 22.7 Å². The fraction of sp³-hybridized carbons (Fsp3) is 0.300. The average molecular weight is 219 g/mol. The molecule has 0 saturated carbocycles. The van der Waals surface area contributed by atoms with Crippen LogP contribution in [0, 0.1) is 11.3 Å². The highest BCUT2D eigenvalue weighted by Gasteiger charge is 2.28. The van der Waals surface area contributed by atoms with Crippen molar-refractivity contribution in [3.05, 3.63) is 24.0 Å². The Bertz CT molecular complexity index is 423. The normalized spacial score (nSPS) is 20.4. The molecule has 1 fully saturated rings. The van der Waals surface area contributed by atoms with E-state index in [0.717, 1.165) is 5.69 Å². The summed E-state index contributed by atoms with van der Waals surface area (Å²) in [5.74, 6) is 0.0570. The first kappa shape index (κ1) is 9.99. The number of rotatable bonds is 1. The average Bonchev–Trinajstić information content (AvgIpc) is 2.58. The zero-order chi connectivity index (χ0) is 10.8. The van der Waals surface area contributed by atoms with E-state index in [0.29, 0.717) is 18.7 Å². The highest BCUT2D eigenvalue weighted by atomic mass is 32.1. The molecule has 2 heterocycles. The molecule has 1 aromatic heterocycles. The van der Waals surface area contributed by atoms with Crippen LogP contribution in [0.3, 0.4) is 0 Å². The molecule has 5 heteroatoms. The highest BCUT2D eigenvalue weighted by Crippen LogP contribution is 2.23. The molecule has 1 saturated heterocycles. The minimum absolute atomic E-state index is 0.0570. The number of hydrogen-bond donors (Lipinski definition) is 1. The largest absolute Gasteiger partial charge is 0.310 e. The van der Waals surface area contributed by atoms with Crippen molar-refractivity contribution in [3.63, 3.8) is 0 Å². The number of carbonyl (C=O) groups excluding carboxylic acids is 1. The fourth-order valence-corrected chi connectivity index (χ4v) is 1.87. The van der Waals surface area contributed by atoms with E-state index in [1.807, 2.05) is 6.07 Å². The highest BCUT2D eigenvalue weighted by molar-refractivity contribution is 7.81. The standard InChI is InChI=1S/C10H9N3OS/c11-4-7-1-2-8(5-12-7)13-6-9(15)3-10(13)14/h1-2,5,9,15H,3,6H2. The molecule has 0 bridgehead atoms. The van der Waals surface area contributed by atoms with Crippen molar-refractivity contribution in [2.24, 2.45) is 0 Å². The van der Waals surface area contributed by atoms with E-state index in [2.05, 4.69) is 17.6 Å². The van der Waals surface area contributed by atoms with E-state index in [1.54, 1.807) is 23.2 Å². The zero-order valence-electron chi connectivity index (χ0n) is 7.92. The summed E-state index contributed by atoms with van der Waals surface area (Å²) in [5, 5.41) is 8.67. The Labute approximate surface area is 92.9 Å². The molecule has 4 nitrogen and oxygen atoms in total. The fourth-order valence-electron chi connectivity index (χ4n) is 1.55. The molecule has 2 rings (SSSR count). The number of carbonyl (C=O) groups is 1. The minimum atomic E-state index is 0.0570. The Kier molecular flexibility index (Phi) is 2.60. The van der Waals surface area contributed by atoms with Gasteiger partial charge in [-0.15, -0.1) is 0 Å². The van der Waals surface area contributed by atoms with Gasteiger partial charge < -0.3 is 4.90 Å². The lowest BCUT2D eigenvalue weighted by atomic mass is 10.3. The van der Waals surface area contributed by atoms with Gasteiger partial charge in [0.05, 0.1) is 11.9 Å². The number of aromatic nitrogens is 1. The molecule has 1 amide bonds. The Morgan fingerprint density at radius 3 is 2.87 bits per heavy atom. The molecule has 0 spiro atoms. The lowest BCUT2D eigenvalue weighted by Gasteiger charge is -2.14. The SMILES string of the molecule is N#Cc1ccc(N2CC(S)CC2=O)cn1. The van der Waals surface area contributed by atoms with E-state index in [1.165, 1.54) is 0 Å². The molecule has 0 radical (unpaired) electrons. The molecular formula is C10H9N3OS. The zero-order valence-corrected chi connectivity index (χ0v) is 8.82. The predicted molar refractivity (Wildman–Crippen MR) is 58.7 cm³/mol. The second-order valence-corrected chi connectivity index (χ2v) is 4.11. The Balaban J connectivity index is 2.23. The lowest BCUT2D eigenvalue weighted by Crippen LogP contribution is -2.24. The summed E-state index contributed by atoms with van der Waals surface area (Å²) >= 11 is 4.26. The van der Waals surface area contributed by atoms with Crippen LogP contribution in [0.4, 0.5) is 5.69 Å². The summed E-state index contributed by atoms with van der Waals surface area (Å²) < 4.78 is 0. The topological polar surface area (TPSA) is 57.0 Å². The van der Waals surface area contributed by atoms with Gasteiger partial charge in [-0.3, -0.25) is 4.79 Å². The van der Waals surface area contributed by atoms with Crippen LogP contribution in [-0.2, 0) is 4.79 Å². The molecule has 76 valence electrons. The van der Waals surface area contributed by atoms with Gasteiger partial charge in [-0.05, 0) is 12.1 Å². The van der Waals surface area contributed by atoms with Crippen LogP contribution in [0.2, 0.25) is 0 Å². The second-order valence-electron chi connectivity index (χ2n) is 3.38. The monoisotopic (exact) mass is 219 g/mol. The van der Waals surface area contributed by atoms with Gasteiger partial charge in [-0.1, -0.05) is 0 Å². The van der Waals surface area contributed by atoms with Crippen LogP contribution in [0.25, 0.3) is 0 Å². The van der Waals surface area contributed by atoms with E-state index in [-0.39, 0.29) is 11.2 Å². The minimum Gasteiger partial charge on any atom is -0.310 e. The van der Waals surface area contributed by atoms with E-state index in [4.69, 9.17) is 5.26 Å². The van der Waals surface area contributed by atoms with Crippen molar-refractivity contribution in [2.75, 3.05) is 11.4 Å². The summed E-state index contributed by atoms with van der Waals surface area (Å²) in [6, 6.07) is 5.27. The summed E-state index contributed by atoms with van der Waals surface area (Å²) in [7, 11) is 0. The van der Waals surface area contributed by atoms with Crippen molar-refractivity contribution < 1.29 is 4.79 Å². The molecule has 1 atom stereocenters. The molecule has 1 aliphatic heterocycles. The summed E-state index contributed by atoms with van der Waals surface area (Å²) in [6.45, 7) is 0.607. The maximum atomic E-state index is 11.5. The van der Waals surface area contributed by atoms with Crippen LogP contribution in [0.5, 0.6) is 0 Å². The third-order valence-electron chi connectivity index (χ3n) is 2.28. The number of anilines is 1. The number of hydrogen-bond acceptors (Lipinski definition) is 4. The molecule has 0 aromatic carbocycles. The van der Waals surface area contributed by atoms with Crippen molar-refractivity contribution in [3.8, 4) is 6.07 Å². The third-order valence-corrected chi connectivity index (χ3v) is 2.62. The molecule has 1 aliphatic rings. The molecule has 0 aliphatic carbocycles. The van der Waals surface area contributed by atoms with E-state index >= 15 is 0 Å². The summed E-state index contributed by atoms with van der Waals surface area (Å²) in [4.78, 5) is 17.1. The van der Waals surface area contributed by atoms with E-state index in [9.17, 15) is 4.79 Å². The first-order valence-electron chi connectivity index (χ1n) is 4.55. The number of nitrogens with zero attached hydrogens (tertiary/aromatic N) is 3. The number of amides is 1. The molecule has 0 N–H and O–H groups in total. The van der Waals surface area contributed by atoms with Crippen molar-refractivity contribution in [2.45, 2.75) is 11.7 Å². The van der Waals surface area contributed by atoms with Gasteiger partial charge >= 0.3 is 0 Å². The Hall–Kier alpha value is -1.54. The van der Waals surface area contributed by atoms with Crippen molar-refractivity contribution in [1.82, 2.24) is 4.98 Å². The van der Waals surface area contributed by atoms with Gasteiger partial charge in [0.1, 0.15) is 11.8 Å². The Morgan fingerprint density at radius 2 is 2.40 bits per heavy atom. The number of pyridine rings is 1. The quantitative estimate of drug-likeness (QED) is 0.716. The van der Waals surface area contributed by atoms with Crippen molar-refractivity contribution in [1.29, 1.82) is 5.26 Å². The molecule has 1 unspecified atom stereocenters. The summed E-state index contributed by atoms with van der Waals surface area (Å²) in [6.07, 6.45) is 2.01. The summed E-state index contributed by atoms with van der Waals surface area (Å²) in [5.41, 5.74) is 1.09. The van der Waals surface area contributed by atoms with E-state index < -0.39 is 0 Å². The van der Waals surface area contributed by atoms with Gasteiger partial charge in [0.15, 0.2) is 0 Å². The molecular weight excluding hydrogens is 210 g/mol. The maximum Gasteiger partial charge on any atom is 0.228 e. The first-order chi connectivity index (χ1) is 7.20. The van der Waals surface area contributed by atoms with Gasteiger partial charge in [0.2, 0.25) is 5.91 Å². The number of nitriles is 1. The van der Waals surface area contributed by atoms with Crippen LogP contribution in [0.1, 0.15) is 12.1 Å². The third kappa shape index (κ3) is 1.95. The van der Waals surface area contributed by atoms with Gasteiger partial charge in [-0.2, -0.15) is 17.9 Å². The molecule has 15 heavy (non-hydrogen) atoms. The number of thiol groups is 1.